The predicted molar refractivity (Wildman–Crippen MR) is 51.2 cm³/mol. The van der Waals surface area contributed by atoms with Crippen molar-refractivity contribution >= 4 is 11.6 Å². The van der Waals surface area contributed by atoms with Gasteiger partial charge < -0.3 is 5.73 Å². The Morgan fingerprint density at radius 2 is 1.46 bits per heavy atom. The summed E-state index contributed by atoms with van der Waals surface area (Å²) in [5.74, 6) is 0.308. The molecule has 4 heteroatoms. The number of ketones is 2. The minimum absolute atomic E-state index is 0.154. The number of hydrogen-bond acceptors (Lipinski definition) is 4. The molecule has 0 aromatic carbocycles. The van der Waals surface area contributed by atoms with E-state index < -0.39 is 0 Å². The Bertz CT molecular complexity index is 162. The summed E-state index contributed by atoms with van der Waals surface area (Å²) in [6, 6.07) is 0. The van der Waals surface area contributed by atoms with Crippen molar-refractivity contribution < 1.29 is 9.59 Å². The molecule has 0 aliphatic heterocycles. The van der Waals surface area contributed by atoms with Gasteiger partial charge in [-0.1, -0.05) is 0 Å². The number of nitrogens with two attached hydrogens (primary N) is 1. The lowest BCUT2D eigenvalue weighted by molar-refractivity contribution is -0.117. The number of Topliss-reactive ketones (excluding diaryl/α,β-unsaturated/α-hetero) is 2. The van der Waals surface area contributed by atoms with Crippen LogP contribution in [0.15, 0.2) is 0 Å². The van der Waals surface area contributed by atoms with Gasteiger partial charge in [-0.2, -0.15) is 0 Å². The first-order valence-corrected chi connectivity index (χ1v) is 4.47. The largest absolute Gasteiger partial charge is 0.318 e. The van der Waals surface area contributed by atoms with E-state index >= 15 is 0 Å². The quantitative estimate of drug-likeness (QED) is 0.575. The van der Waals surface area contributed by atoms with Crippen LogP contribution in [0.1, 0.15) is 26.7 Å². The second-order valence-electron chi connectivity index (χ2n) is 3.20. The molecule has 0 amide bonds. The van der Waals surface area contributed by atoms with Crippen LogP contribution in [0.3, 0.4) is 0 Å². The van der Waals surface area contributed by atoms with Gasteiger partial charge in [-0.15, -0.1) is 0 Å². The molecule has 0 saturated heterocycles. The molecule has 0 saturated carbocycles. The van der Waals surface area contributed by atoms with Crippen LogP contribution in [0, 0.1) is 0 Å². The molecule has 13 heavy (non-hydrogen) atoms. The zero-order valence-corrected chi connectivity index (χ0v) is 8.38. The Hall–Kier alpha value is -0.740. The zero-order chi connectivity index (χ0) is 10.3. The molecule has 0 aromatic rings. The second kappa shape index (κ2) is 6.74. The van der Waals surface area contributed by atoms with Crippen molar-refractivity contribution in [2.75, 3.05) is 19.8 Å². The average molecular weight is 186 g/mol. The molecular formula is C9H18N2O2. The lowest BCUT2D eigenvalue weighted by Crippen LogP contribution is -2.33. The lowest BCUT2D eigenvalue weighted by Gasteiger charge is -2.18. The number of nitrogens with zero attached hydrogens (tertiary/aromatic N) is 1. The molecule has 0 radical (unpaired) electrons. The van der Waals surface area contributed by atoms with Gasteiger partial charge in [0.25, 0.3) is 0 Å². The van der Waals surface area contributed by atoms with Crippen LogP contribution in [0.2, 0.25) is 0 Å². The van der Waals surface area contributed by atoms with E-state index in [0.29, 0.717) is 32.6 Å². The monoisotopic (exact) mass is 186 g/mol. The number of rotatable bonds is 7. The Labute approximate surface area is 79.1 Å². The lowest BCUT2D eigenvalue weighted by atomic mass is 10.2. The Kier molecular flexibility index (Phi) is 6.36. The fourth-order valence-corrected chi connectivity index (χ4v) is 0.925. The Morgan fingerprint density at radius 1 is 1.08 bits per heavy atom. The molecular weight excluding hydrogens is 168 g/mol. The number of carbonyl (C=O) groups is 2. The predicted octanol–water partition coefficient (Wildman–Crippen LogP) is 0.163. The van der Waals surface area contributed by atoms with E-state index in [9.17, 15) is 9.59 Å². The summed E-state index contributed by atoms with van der Waals surface area (Å²) in [4.78, 5) is 23.2. The van der Waals surface area contributed by atoms with E-state index in [-0.39, 0.29) is 11.6 Å². The van der Waals surface area contributed by atoms with E-state index in [0.717, 1.165) is 0 Å². The van der Waals surface area contributed by atoms with E-state index in [1.54, 1.807) is 13.8 Å². The molecule has 0 spiro atoms. The molecule has 0 aliphatic carbocycles. The van der Waals surface area contributed by atoms with Crippen molar-refractivity contribution in [2.45, 2.75) is 26.7 Å². The number of carbonyl (C=O) groups excluding carboxylic acids is 2. The molecule has 2 N–H and O–H groups in total. The summed E-state index contributed by atoms with van der Waals surface area (Å²) in [7, 11) is 0. The SMILES string of the molecule is CC(=O)CCN(CN)CCC(C)=O. The molecule has 0 bridgehead atoms. The molecule has 0 unspecified atom stereocenters. The molecule has 4 nitrogen and oxygen atoms in total. The average Bonchev–Trinajstić information content (AvgIpc) is 2.04. The molecule has 0 aliphatic rings. The van der Waals surface area contributed by atoms with Crippen molar-refractivity contribution in [2.24, 2.45) is 5.73 Å². The highest BCUT2D eigenvalue weighted by Crippen LogP contribution is 1.93. The highest BCUT2D eigenvalue weighted by molar-refractivity contribution is 5.76. The minimum Gasteiger partial charge on any atom is -0.318 e. The summed E-state index contributed by atoms with van der Waals surface area (Å²) < 4.78 is 0. The summed E-state index contributed by atoms with van der Waals surface area (Å²) in [5, 5.41) is 0. The van der Waals surface area contributed by atoms with Crippen molar-refractivity contribution in [1.82, 2.24) is 4.90 Å². The highest BCUT2D eigenvalue weighted by atomic mass is 16.1. The third-order valence-corrected chi connectivity index (χ3v) is 1.82. The van der Waals surface area contributed by atoms with Crippen LogP contribution >= 0.6 is 0 Å². The van der Waals surface area contributed by atoms with E-state index in [4.69, 9.17) is 5.73 Å². The van der Waals surface area contributed by atoms with Gasteiger partial charge in [0.05, 0.1) is 0 Å². The first kappa shape index (κ1) is 12.3. The van der Waals surface area contributed by atoms with E-state index in [2.05, 4.69) is 0 Å². The maximum absolute atomic E-state index is 10.7. The van der Waals surface area contributed by atoms with Gasteiger partial charge in [0, 0.05) is 32.6 Å². The van der Waals surface area contributed by atoms with Crippen molar-refractivity contribution in [3.63, 3.8) is 0 Å². The van der Waals surface area contributed by atoms with Crippen LogP contribution in [0.4, 0.5) is 0 Å². The van der Waals surface area contributed by atoms with Crippen LogP contribution < -0.4 is 5.73 Å². The summed E-state index contributed by atoms with van der Waals surface area (Å²) in [6.07, 6.45) is 1.02. The highest BCUT2D eigenvalue weighted by Gasteiger charge is 2.04. The fourth-order valence-electron chi connectivity index (χ4n) is 0.925. The van der Waals surface area contributed by atoms with Gasteiger partial charge in [-0.3, -0.25) is 14.5 Å². The first-order valence-electron chi connectivity index (χ1n) is 4.47. The zero-order valence-electron chi connectivity index (χ0n) is 8.38. The summed E-state index contributed by atoms with van der Waals surface area (Å²) in [5.41, 5.74) is 5.45. The van der Waals surface area contributed by atoms with Crippen LogP contribution in [-0.2, 0) is 9.59 Å². The smallest absolute Gasteiger partial charge is 0.131 e. The van der Waals surface area contributed by atoms with Gasteiger partial charge in [-0.05, 0) is 13.8 Å². The molecule has 0 aromatic heterocycles. The third kappa shape index (κ3) is 7.62. The van der Waals surface area contributed by atoms with Gasteiger partial charge in [-0.25, -0.2) is 0 Å². The first-order chi connectivity index (χ1) is 6.06. The topological polar surface area (TPSA) is 63.4 Å². The molecule has 76 valence electrons. The van der Waals surface area contributed by atoms with Crippen LogP contribution in [0.5, 0.6) is 0 Å². The maximum atomic E-state index is 10.7. The van der Waals surface area contributed by atoms with Crippen molar-refractivity contribution in [3.05, 3.63) is 0 Å². The van der Waals surface area contributed by atoms with Gasteiger partial charge in [0.2, 0.25) is 0 Å². The van der Waals surface area contributed by atoms with E-state index in [1.807, 2.05) is 4.90 Å². The standard InChI is InChI=1S/C9H18N2O2/c1-8(12)3-5-11(7-10)6-4-9(2)13/h3-7,10H2,1-2H3. The summed E-state index contributed by atoms with van der Waals surface area (Å²) >= 11 is 0. The van der Waals surface area contributed by atoms with Gasteiger partial charge in [0.15, 0.2) is 0 Å². The summed E-state index contributed by atoms with van der Waals surface area (Å²) in [6.45, 7) is 4.82. The van der Waals surface area contributed by atoms with Crippen LogP contribution in [0.25, 0.3) is 0 Å². The van der Waals surface area contributed by atoms with Crippen molar-refractivity contribution in [3.8, 4) is 0 Å². The molecule has 0 atom stereocenters. The second-order valence-corrected chi connectivity index (χ2v) is 3.20. The normalized spacial score (nSPS) is 10.5. The van der Waals surface area contributed by atoms with Gasteiger partial charge >= 0.3 is 0 Å². The van der Waals surface area contributed by atoms with Gasteiger partial charge in [0.1, 0.15) is 11.6 Å². The van der Waals surface area contributed by atoms with Crippen molar-refractivity contribution in [1.29, 1.82) is 0 Å². The molecule has 0 fully saturated rings. The molecule has 0 heterocycles. The number of hydrogen-bond donors (Lipinski definition) is 1. The minimum atomic E-state index is 0.154. The maximum Gasteiger partial charge on any atom is 0.131 e. The Morgan fingerprint density at radius 3 is 1.69 bits per heavy atom. The Balaban J connectivity index is 3.63. The molecule has 0 rings (SSSR count). The third-order valence-electron chi connectivity index (χ3n) is 1.82. The fraction of sp³-hybridized carbons (Fsp3) is 0.778. The van der Waals surface area contributed by atoms with Crippen LogP contribution in [-0.4, -0.2) is 36.2 Å². The van der Waals surface area contributed by atoms with E-state index in [1.165, 1.54) is 0 Å².